The molecule has 1 aromatic heterocycles. The molecule has 0 spiro atoms. The van der Waals surface area contributed by atoms with Gasteiger partial charge in [0.2, 0.25) is 5.91 Å². The van der Waals surface area contributed by atoms with Gasteiger partial charge in [0.1, 0.15) is 10.8 Å². The van der Waals surface area contributed by atoms with Crippen molar-refractivity contribution in [1.29, 1.82) is 0 Å². The Morgan fingerprint density at radius 3 is 2.52 bits per heavy atom. The second kappa shape index (κ2) is 7.66. The average Bonchev–Trinajstić information content (AvgIpc) is 2.91. The van der Waals surface area contributed by atoms with Crippen molar-refractivity contribution >= 4 is 23.1 Å². The van der Waals surface area contributed by atoms with E-state index in [0.29, 0.717) is 19.0 Å². The van der Waals surface area contributed by atoms with Gasteiger partial charge in [-0.05, 0) is 43.6 Å². The largest absolute Gasteiger partial charge is 0.324 e. The molecule has 0 aliphatic carbocycles. The lowest BCUT2D eigenvalue weighted by Crippen LogP contribution is -2.30. The number of aromatic nitrogens is 2. The van der Waals surface area contributed by atoms with Crippen LogP contribution in [-0.2, 0) is 11.3 Å². The van der Waals surface area contributed by atoms with E-state index in [1.807, 2.05) is 44.0 Å². The summed E-state index contributed by atoms with van der Waals surface area (Å²) in [6.07, 6.45) is 0. The number of nitrogens with one attached hydrogen (secondary N) is 1. The van der Waals surface area contributed by atoms with Crippen molar-refractivity contribution in [2.75, 3.05) is 18.9 Å². The molecule has 0 aliphatic heterocycles. The smallest absolute Gasteiger partial charge is 0.238 e. The van der Waals surface area contributed by atoms with Gasteiger partial charge in [-0.1, -0.05) is 32.0 Å². The van der Waals surface area contributed by atoms with E-state index in [0.717, 1.165) is 27.6 Å². The highest BCUT2D eigenvalue weighted by Crippen LogP contribution is 2.19. The summed E-state index contributed by atoms with van der Waals surface area (Å²) in [5, 5.41) is 3.95. The number of para-hydroxylation sites is 1. The fourth-order valence-electron chi connectivity index (χ4n) is 2.29. The molecule has 23 heavy (non-hydrogen) atoms. The van der Waals surface area contributed by atoms with E-state index < -0.39 is 0 Å². The van der Waals surface area contributed by atoms with E-state index in [2.05, 4.69) is 28.5 Å². The summed E-state index contributed by atoms with van der Waals surface area (Å²) in [6.45, 7) is 9.11. The van der Waals surface area contributed by atoms with E-state index in [1.165, 1.54) is 11.5 Å². The molecule has 0 atom stereocenters. The van der Waals surface area contributed by atoms with Crippen molar-refractivity contribution in [3.63, 3.8) is 0 Å². The fraction of sp³-hybridized carbons (Fsp3) is 0.471. The molecule has 0 aliphatic rings. The summed E-state index contributed by atoms with van der Waals surface area (Å²) in [4.78, 5) is 18.7. The maximum Gasteiger partial charge on any atom is 0.238 e. The number of hydrogen-bond donors (Lipinski definition) is 1. The molecule has 2 rings (SSSR count). The third kappa shape index (κ3) is 4.84. The maximum absolute atomic E-state index is 12.2. The first kappa shape index (κ1) is 17.6. The Labute approximate surface area is 141 Å². The highest BCUT2D eigenvalue weighted by Gasteiger charge is 2.13. The monoisotopic (exact) mass is 332 g/mol. The first-order valence-corrected chi connectivity index (χ1v) is 8.51. The van der Waals surface area contributed by atoms with Gasteiger partial charge < -0.3 is 5.32 Å². The second-order valence-corrected chi connectivity index (χ2v) is 7.02. The number of hydrogen-bond acceptors (Lipinski definition) is 5. The SMILES string of the molecule is Cc1cccc(C)c1NC(=O)CN(C)Cc1nc(C(C)C)ns1. The van der Waals surface area contributed by atoms with E-state index >= 15 is 0 Å². The van der Waals surface area contributed by atoms with Crippen LogP contribution in [0.15, 0.2) is 18.2 Å². The Kier molecular flexibility index (Phi) is 5.85. The van der Waals surface area contributed by atoms with Gasteiger partial charge >= 0.3 is 0 Å². The zero-order valence-electron chi connectivity index (χ0n) is 14.4. The zero-order chi connectivity index (χ0) is 17.0. The van der Waals surface area contributed by atoms with Crippen LogP contribution in [0.5, 0.6) is 0 Å². The van der Waals surface area contributed by atoms with Crippen LogP contribution in [0, 0.1) is 13.8 Å². The molecule has 0 saturated carbocycles. The van der Waals surface area contributed by atoms with Crippen LogP contribution in [0.25, 0.3) is 0 Å². The number of anilines is 1. The Bertz CT molecular complexity index is 661. The van der Waals surface area contributed by atoms with Gasteiger partial charge in [-0.2, -0.15) is 4.37 Å². The first-order chi connectivity index (χ1) is 10.9. The van der Waals surface area contributed by atoms with Gasteiger partial charge in [-0.25, -0.2) is 4.98 Å². The maximum atomic E-state index is 12.2. The number of likely N-dealkylation sites (N-methyl/N-ethyl adjacent to an activating group) is 1. The minimum absolute atomic E-state index is 0.0153. The first-order valence-electron chi connectivity index (χ1n) is 7.74. The van der Waals surface area contributed by atoms with E-state index in [4.69, 9.17) is 0 Å². The molecule has 0 radical (unpaired) electrons. The Morgan fingerprint density at radius 1 is 1.30 bits per heavy atom. The normalized spacial score (nSPS) is 11.3. The second-order valence-electron chi connectivity index (χ2n) is 6.19. The molecular formula is C17H24N4OS. The van der Waals surface area contributed by atoms with Gasteiger partial charge in [-0.15, -0.1) is 0 Å². The molecule has 1 N–H and O–H groups in total. The highest BCUT2D eigenvalue weighted by molar-refractivity contribution is 7.05. The van der Waals surface area contributed by atoms with Crippen molar-refractivity contribution in [2.45, 2.75) is 40.2 Å². The standard InChI is InChI=1S/C17H24N4OS/c1-11(2)17-19-15(23-20-17)10-21(5)9-14(22)18-16-12(3)7-6-8-13(16)4/h6-8,11H,9-10H2,1-5H3,(H,18,22). The van der Waals surface area contributed by atoms with Gasteiger partial charge in [0.15, 0.2) is 0 Å². The highest BCUT2D eigenvalue weighted by atomic mass is 32.1. The molecule has 1 amide bonds. The van der Waals surface area contributed by atoms with Crippen LogP contribution in [-0.4, -0.2) is 33.8 Å². The van der Waals surface area contributed by atoms with Crippen molar-refractivity contribution in [1.82, 2.24) is 14.3 Å². The lowest BCUT2D eigenvalue weighted by molar-refractivity contribution is -0.117. The number of carbonyl (C=O) groups is 1. The number of rotatable bonds is 6. The van der Waals surface area contributed by atoms with Crippen molar-refractivity contribution < 1.29 is 4.79 Å². The summed E-state index contributed by atoms with van der Waals surface area (Å²) >= 11 is 1.41. The van der Waals surface area contributed by atoms with E-state index in [1.54, 1.807) is 0 Å². The van der Waals surface area contributed by atoms with E-state index in [-0.39, 0.29) is 5.91 Å². The lowest BCUT2D eigenvalue weighted by Gasteiger charge is -2.16. The molecule has 5 nitrogen and oxygen atoms in total. The van der Waals surface area contributed by atoms with Crippen LogP contribution < -0.4 is 5.32 Å². The molecule has 124 valence electrons. The fourth-order valence-corrected chi connectivity index (χ4v) is 3.15. The quantitative estimate of drug-likeness (QED) is 0.881. The number of amides is 1. The lowest BCUT2D eigenvalue weighted by atomic mass is 10.1. The molecule has 0 fully saturated rings. The summed E-state index contributed by atoms with van der Waals surface area (Å²) in [7, 11) is 1.92. The molecular weight excluding hydrogens is 308 g/mol. The molecule has 0 unspecified atom stereocenters. The minimum atomic E-state index is -0.0153. The van der Waals surface area contributed by atoms with Crippen LogP contribution in [0.4, 0.5) is 5.69 Å². The van der Waals surface area contributed by atoms with Gasteiger partial charge in [-0.3, -0.25) is 9.69 Å². The topological polar surface area (TPSA) is 58.1 Å². The van der Waals surface area contributed by atoms with Crippen molar-refractivity contribution in [3.8, 4) is 0 Å². The summed E-state index contributed by atoms with van der Waals surface area (Å²) in [5.74, 6) is 1.19. The van der Waals surface area contributed by atoms with Crippen LogP contribution >= 0.6 is 11.5 Å². The number of benzene rings is 1. The minimum Gasteiger partial charge on any atom is -0.324 e. The van der Waals surface area contributed by atoms with Gasteiger partial charge in [0.25, 0.3) is 0 Å². The van der Waals surface area contributed by atoms with Crippen LogP contribution in [0.1, 0.15) is 41.7 Å². The van der Waals surface area contributed by atoms with Crippen LogP contribution in [0.2, 0.25) is 0 Å². The van der Waals surface area contributed by atoms with Crippen molar-refractivity contribution in [2.24, 2.45) is 0 Å². The average molecular weight is 332 g/mol. The van der Waals surface area contributed by atoms with Crippen molar-refractivity contribution in [3.05, 3.63) is 40.2 Å². The number of nitrogens with zero attached hydrogens (tertiary/aromatic N) is 3. The number of aryl methyl sites for hydroxylation is 2. The number of carbonyl (C=O) groups excluding carboxylic acids is 1. The Hall–Kier alpha value is -1.79. The Morgan fingerprint density at radius 2 is 1.96 bits per heavy atom. The third-order valence-electron chi connectivity index (χ3n) is 3.56. The predicted molar refractivity (Wildman–Crippen MR) is 94.9 cm³/mol. The van der Waals surface area contributed by atoms with E-state index in [9.17, 15) is 4.79 Å². The van der Waals surface area contributed by atoms with Gasteiger partial charge in [0, 0.05) is 11.6 Å². The summed E-state index contributed by atoms with van der Waals surface area (Å²) in [6, 6.07) is 6.00. The predicted octanol–water partition coefficient (Wildman–Crippen LogP) is 3.35. The molecule has 2 aromatic rings. The summed E-state index contributed by atoms with van der Waals surface area (Å²) < 4.78 is 4.34. The zero-order valence-corrected chi connectivity index (χ0v) is 15.2. The summed E-state index contributed by atoms with van der Waals surface area (Å²) in [5.41, 5.74) is 3.06. The van der Waals surface area contributed by atoms with Gasteiger partial charge in [0.05, 0.1) is 13.1 Å². The molecule has 1 heterocycles. The molecule has 0 bridgehead atoms. The molecule has 1 aromatic carbocycles. The third-order valence-corrected chi connectivity index (χ3v) is 4.27. The molecule has 0 saturated heterocycles. The molecule has 6 heteroatoms. The Balaban J connectivity index is 1.91. The van der Waals surface area contributed by atoms with Crippen LogP contribution in [0.3, 0.4) is 0 Å².